The second kappa shape index (κ2) is 7.71. The molecule has 1 N–H and O–H groups in total. The third-order valence-corrected chi connectivity index (χ3v) is 4.64. The second-order valence-corrected chi connectivity index (χ2v) is 5.99. The number of aryl methyl sites for hydroxylation is 1. The molecular formula is C18H27NO2. The van der Waals surface area contributed by atoms with E-state index < -0.39 is 0 Å². The number of hydrogen-bond acceptors (Lipinski definition) is 3. The van der Waals surface area contributed by atoms with Gasteiger partial charge in [0.25, 0.3) is 0 Å². The van der Waals surface area contributed by atoms with Gasteiger partial charge in [-0.2, -0.15) is 0 Å². The molecule has 116 valence electrons. The van der Waals surface area contributed by atoms with Crippen molar-refractivity contribution in [1.82, 2.24) is 4.90 Å². The first kappa shape index (κ1) is 16.2. The van der Waals surface area contributed by atoms with Gasteiger partial charge in [-0.15, -0.1) is 0 Å². The van der Waals surface area contributed by atoms with Crippen LogP contribution in [0, 0.1) is 0 Å². The largest absolute Gasteiger partial charge is 0.396 e. The van der Waals surface area contributed by atoms with Crippen LogP contribution in [0.4, 0.5) is 0 Å². The minimum atomic E-state index is -0.102. The highest BCUT2D eigenvalue weighted by Crippen LogP contribution is 2.27. The number of nitrogens with zero attached hydrogens (tertiary/aromatic N) is 1. The van der Waals surface area contributed by atoms with Crippen LogP contribution in [0.3, 0.4) is 0 Å². The van der Waals surface area contributed by atoms with Crippen molar-refractivity contribution >= 4 is 5.78 Å². The fraction of sp³-hybridized carbons (Fsp3) is 0.611. The van der Waals surface area contributed by atoms with Crippen molar-refractivity contribution in [3.05, 3.63) is 35.4 Å². The van der Waals surface area contributed by atoms with E-state index in [1.807, 2.05) is 31.2 Å². The third kappa shape index (κ3) is 3.92. The quantitative estimate of drug-likeness (QED) is 0.748. The number of ketones is 1. The van der Waals surface area contributed by atoms with Crippen LogP contribution in [0.5, 0.6) is 0 Å². The van der Waals surface area contributed by atoms with Crippen molar-refractivity contribution in [3.8, 4) is 0 Å². The normalized spacial score (nSPS) is 16.8. The molecule has 1 saturated carbocycles. The maximum Gasteiger partial charge on any atom is 0.179 e. The smallest absolute Gasteiger partial charge is 0.179 e. The lowest BCUT2D eigenvalue weighted by Crippen LogP contribution is -2.49. The standard InChI is InChI=1S/C18H27NO2/c1-3-15-8-10-16(11-9-15)18(21)14(2)19(12-5-13-20)17-6-4-7-17/h8-11,14,17,20H,3-7,12-13H2,1-2H3. The molecule has 3 heteroatoms. The predicted molar refractivity (Wildman–Crippen MR) is 85.7 cm³/mol. The Labute approximate surface area is 128 Å². The Hall–Kier alpha value is -1.19. The van der Waals surface area contributed by atoms with Crippen molar-refractivity contribution in [2.45, 2.75) is 58.0 Å². The Bertz CT molecular complexity index is 451. The number of hydrogen-bond donors (Lipinski definition) is 1. The van der Waals surface area contributed by atoms with Gasteiger partial charge in [0.05, 0.1) is 6.04 Å². The van der Waals surface area contributed by atoms with E-state index in [9.17, 15) is 4.79 Å². The summed E-state index contributed by atoms with van der Waals surface area (Å²) in [7, 11) is 0. The highest BCUT2D eigenvalue weighted by Gasteiger charge is 2.31. The Morgan fingerprint density at radius 2 is 2.00 bits per heavy atom. The van der Waals surface area contributed by atoms with Gasteiger partial charge in [-0.25, -0.2) is 0 Å². The minimum Gasteiger partial charge on any atom is -0.396 e. The molecule has 1 aliphatic carbocycles. The van der Waals surface area contributed by atoms with Crippen LogP contribution in [-0.2, 0) is 6.42 Å². The molecule has 0 heterocycles. The summed E-state index contributed by atoms with van der Waals surface area (Å²) in [5.41, 5.74) is 2.06. The maximum atomic E-state index is 12.7. The molecule has 1 aliphatic rings. The minimum absolute atomic E-state index is 0.102. The molecule has 21 heavy (non-hydrogen) atoms. The molecule has 0 radical (unpaired) electrons. The molecule has 0 bridgehead atoms. The van der Waals surface area contributed by atoms with Gasteiger partial charge in [-0.1, -0.05) is 37.6 Å². The highest BCUT2D eigenvalue weighted by molar-refractivity contribution is 5.99. The average Bonchev–Trinajstić information content (AvgIpc) is 2.48. The van der Waals surface area contributed by atoms with Gasteiger partial charge in [0.1, 0.15) is 0 Å². The molecule has 0 spiro atoms. The number of carbonyl (C=O) groups excluding carboxylic acids is 1. The fourth-order valence-corrected chi connectivity index (χ4v) is 2.96. The number of Topliss-reactive ketones (excluding diaryl/α,β-unsaturated/α-hetero) is 1. The van der Waals surface area contributed by atoms with E-state index in [0.29, 0.717) is 6.04 Å². The monoisotopic (exact) mass is 289 g/mol. The lowest BCUT2D eigenvalue weighted by atomic mass is 9.89. The molecule has 2 rings (SSSR count). The summed E-state index contributed by atoms with van der Waals surface area (Å²) in [5.74, 6) is 0.197. The Morgan fingerprint density at radius 1 is 1.33 bits per heavy atom. The maximum absolute atomic E-state index is 12.7. The van der Waals surface area contributed by atoms with Crippen LogP contribution in [0.25, 0.3) is 0 Å². The Balaban J connectivity index is 2.06. The summed E-state index contributed by atoms with van der Waals surface area (Å²) in [6.45, 7) is 5.12. The summed E-state index contributed by atoms with van der Waals surface area (Å²) < 4.78 is 0. The van der Waals surface area contributed by atoms with Gasteiger partial charge in [-0.05, 0) is 38.2 Å². The van der Waals surface area contributed by atoms with Crippen molar-refractivity contribution in [3.63, 3.8) is 0 Å². The first-order valence-electron chi connectivity index (χ1n) is 8.17. The molecule has 1 aromatic carbocycles. The number of carbonyl (C=O) groups is 1. The van der Waals surface area contributed by atoms with Crippen LogP contribution < -0.4 is 0 Å². The summed E-state index contributed by atoms with van der Waals surface area (Å²) in [6, 6.07) is 8.40. The van der Waals surface area contributed by atoms with Gasteiger partial charge in [0.2, 0.25) is 0 Å². The van der Waals surface area contributed by atoms with Crippen LogP contribution in [0.2, 0.25) is 0 Å². The number of rotatable bonds is 8. The molecule has 0 aromatic heterocycles. The summed E-state index contributed by atoms with van der Waals surface area (Å²) in [5, 5.41) is 9.07. The molecule has 1 atom stereocenters. The Kier molecular flexibility index (Phi) is 5.95. The molecule has 1 unspecified atom stereocenters. The number of aliphatic hydroxyl groups is 1. The summed E-state index contributed by atoms with van der Waals surface area (Å²) >= 11 is 0. The lowest BCUT2D eigenvalue weighted by Gasteiger charge is -2.40. The topological polar surface area (TPSA) is 40.5 Å². The van der Waals surface area contributed by atoms with Gasteiger partial charge in [0, 0.05) is 24.8 Å². The van der Waals surface area contributed by atoms with E-state index in [4.69, 9.17) is 5.11 Å². The predicted octanol–water partition coefficient (Wildman–Crippen LogP) is 3.06. The van der Waals surface area contributed by atoms with Crippen LogP contribution in [-0.4, -0.2) is 41.0 Å². The van der Waals surface area contributed by atoms with Gasteiger partial charge < -0.3 is 5.11 Å². The molecule has 0 aliphatic heterocycles. The van der Waals surface area contributed by atoms with Crippen molar-refractivity contribution in [2.24, 2.45) is 0 Å². The number of benzene rings is 1. The first-order valence-corrected chi connectivity index (χ1v) is 8.17. The number of aliphatic hydroxyl groups excluding tert-OH is 1. The van der Waals surface area contributed by atoms with E-state index in [2.05, 4.69) is 11.8 Å². The molecule has 1 aromatic rings. The van der Waals surface area contributed by atoms with Crippen molar-refractivity contribution in [2.75, 3.05) is 13.2 Å². The SMILES string of the molecule is CCc1ccc(C(=O)C(C)N(CCCO)C2CCC2)cc1. The average molecular weight is 289 g/mol. The third-order valence-electron chi connectivity index (χ3n) is 4.64. The van der Waals surface area contributed by atoms with Crippen molar-refractivity contribution in [1.29, 1.82) is 0 Å². The van der Waals surface area contributed by atoms with Gasteiger partial charge >= 0.3 is 0 Å². The van der Waals surface area contributed by atoms with E-state index in [-0.39, 0.29) is 18.4 Å². The second-order valence-electron chi connectivity index (χ2n) is 5.99. The zero-order valence-electron chi connectivity index (χ0n) is 13.2. The van der Waals surface area contributed by atoms with Gasteiger partial charge in [-0.3, -0.25) is 9.69 Å². The van der Waals surface area contributed by atoms with Crippen molar-refractivity contribution < 1.29 is 9.90 Å². The lowest BCUT2D eigenvalue weighted by molar-refractivity contribution is 0.0585. The van der Waals surface area contributed by atoms with E-state index >= 15 is 0 Å². The highest BCUT2D eigenvalue weighted by atomic mass is 16.3. The van der Waals surface area contributed by atoms with E-state index in [1.54, 1.807) is 0 Å². The van der Waals surface area contributed by atoms with Crippen LogP contribution in [0.1, 0.15) is 55.5 Å². The van der Waals surface area contributed by atoms with E-state index in [1.165, 1.54) is 24.8 Å². The van der Waals surface area contributed by atoms with E-state index in [0.717, 1.165) is 24.9 Å². The molecule has 1 fully saturated rings. The molecule has 0 amide bonds. The molecule has 0 saturated heterocycles. The van der Waals surface area contributed by atoms with Crippen LogP contribution in [0.15, 0.2) is 24.3 Å². The summed E-state index contributed by atoms with van der Waals surface area (Å²) in [6.07, 6.45) is 5.35. The zero-order valence-corrected chi connectivity index (χ0v) is 13.2. The molecule has 3 nitrogen and oxygen atoms in total. The van der Waals surface area contributed by atoms with Gasteiger partial charge in [0.15, 0.2) is 5.78 Å². The Morgan fingerprint density at radius 3 is 2.48 bits per heavy atom. The molecular weight excluding hydrogens is 262 g/mol. The fourth-order valence-electron chi connectivity index (χ4n) is 2.96. The zero-order chi connectivity index (χ0) is 15.2. The van der Waals surface area contributed by atoms with Crippen LogP contribution >= 0.6 is 0 Å². The first-order chi connectivity index (χ1) is 10.2. The summed E-state index contributed by atoms with van der Waals surface area (Å²) in [4.78, 5) is 15.0.